The third kappa shape index (κ3) is 8.74. The Kier molecular flexibility index (Phi) is 14.5. The molecule has 0 atom stereocenters. The molecule has 0 amide bonds. The van der Waals surface area contributed by atoms with Crippen LogP contribution in [-0.2, 0) is 0 Å². The number of benzene rings is 3. The molecule has 9 rings (SSSR count). The topological polar surface area (TPSA) is 79.6 Å². The van der Waals surface area contributed by atoms with E-state index in [4.69, 9.17) is 33.5 Å². The Morgan fingerprint density at radius 2 is 0.658 bits per heavy atom. The van der Waals surface area contributed by atoms with Gasteiger partial charge in [0.1, 0.15) is 0 Å². The van der Waals surface area contributed by atoms with Gasteiger partial charge in [0.2, 0.25) is 0 Å². The van der Waals surface area contributed by atoms with Gasteiger partial charge < -0.3 is 0 Å². The van der Waals surface area contributed by atoms with E-state index >= 15 is 52.7 Å². The molecular formula is C54H27F12GaN6O3. The molecular weight excluding hydrogens is 1080 g/mol. The molecule has 3 aliphatic rings. The summed E-state index contributed by atoms with van der Waals surface area (Å²) >= 11 is -5.02. The van der Waals surface area contributed by atoms with E-state index in [0.29, 0.717) is 0 Å². The van der Waals surface area contributed by atoms with E-state index in [1.807, 2.05) is 17.8 Å². The molecule has 0 aliphatic carbocycles. The SMILES string of the molecule is C#CCOc1c(F)c(F)c(C(=C2C=CC=N2)c2ccc[n]2[Ga]([n]2cccc2C(=C2C=CC=N2)c2c(F)c(F)c(OCC#C)c(F)c2F)[n]2cccc2C(=C2C=CC=N2)c2c(F)c(F)c(OCC#C)c(F)c2F)c(F)c1F. The Balaban J connectivity index is 1.39. The van der Waals surface area contributed by atoms with Crippen LogP contribution in [0.4, 0.5) is 52.7 Å². The van der Waals surface area contributed by atoms with Crippen molar-refractivity contribution in [2.45, 2.75) is 0 Å². The number of terminal acetylenes is 3. The van der Waals surface area contributed by atoms with Crippen LogP contribution >= 0.6 is 0 Å². The molecule has 76 heavy (non-hydrogen) atoms. The van der Waals surface area contributed by atoms with Crippen LogP contribution in [0.2, 0.25) is 0 Å². The van der Waals surface area contributed by atoms with Crippen LogP contribution in [0, 0.1) is 107 Å². The van der Waals surface area contributed by atoms with E-state index < -0.39 is 157 Å². The van der Waals surface area contributed by atoms with E-state index in [2.05, 4.69) is 15.0 Å². The van der Waals surface area contributed by atoms with Gasteiger partial charge in [0.15, 0.2) is 0 Å². The number of rotatable bonds is 15. The second-order valence-corrected chi connectivity index (χ2v) is 20.8. The van der Waals surface area contributed by atoms with Crippen molar-refractivity contribution in [3.05, 3.63) is 212 Å². The van der Waals surface area contributed by atoms with Crippen molar-refractivity contribution < 1.29 is 66.9 Å². The molecule has 6 heterocycles. The number of hydrogen-bond acceptors (Lipinski definition) is 6. The molecule has 0 spiro atoms. The summed E-state index contributed by atoms with van der Waals surface area (Å²) in [5, 5.41) is 0. The van der Waals surface area contributed by atoms with Gasteiger partial charge in [-0.3, -0.25) is 0 Å². The molecule has 3 aliphatic heterocycles. The van der Waals surface area contributed by atoms with Crippen LogP contribution in [0.1, 0.15) is 33.8 Å². The fraction of sp³-hybridized carbons (Fsp3) is 0.0556. The fourth-order valence-corrected chi connectivity index (χ4v) is 14.7. The van der Waals surface area contributed by atoms with Crippen molar-refractivity contribution >= 4 is 52.3 Å². The van der Waals surface area contributed by atoms with Crippen LogP contribution in [-0.4, -0.2) is 65.2 Å². The zero-order valence-corrected chi connectivity index (χ0v) is 40.7. The van der Waals surface area contributed by atoms with Gasteiger partial charge in [-0.1, -0.05) is 0 Å². The van der Waals surface area contributed by atoms with Crippen molar-refractivity contribution in [1.82, 2.24) is 9.82 Å². The van der Waals surface area contributed by atoms with E-state index in [-0.39, 0.29) is 34.2 Å². The molecule has 22 heteroatoms. The standard InChI is InChI=1S/3C18H9F4N2O.Ga/c3*1-2-9-25-18-16(21)14(19)13(15(20)17(18)22)12(10-5-3-7-23-10)11-6-4-8-24-11;/h3*1,3-8H,9H2;/q3*-1;+3. The summed E-state index contributed by atoms with van der Waals surface area (Å²) in [7, 11) is 0. The van der Waals surface area contributed by atoms with Crippen LogP contribution in [0.5, 0.6) is 17.2 Å². The number of nitrogens with zero attached hydrogens (tertiary/aromatic N) is 6. The number of allylic oxidation sites excluding steroid dienone is 6. The van der Waals surface area contributed by atoms with Crippen LogP contribution in [0.15, 0.2) is 124 Å². The van der Waals surface area contributed by atoms with Gasteiger partial charge in [0, 0.05) is 0 Å². The van der Waals surface area contributed by atoms with Gasteiger partial charge in [-0.2, -0.15) is 0 Å². The molecule has 0 saturated heterocycles. The van der Waals surface area contributed by atoms with Crippen molar-refractivity contribution in [1.29, 1.82) is 0 Å². The monoisotopic (exact) mass is 1100 g/mol. The van der Waals surface area contributed by atoms with E-state index in [0.717, 1.165) is 0 Å². The zero-order chi connectivity index (χ0) is 54.1. The first-order valence-electron chi connectivity index (χ1n) is 21.8. The van der Waals surface area contributed by atoms with Gasteiger partial charge in [-0.25, -0.2) is 0 Å². The number of ether oxygens (including phenoxy) is 3. The molecule has 0 unspecified atom stereocenters. The first-order chi connectivity index (χ1) is 36.7. The molecule has 3 aromatic heterocycles. The Hall–Kier alpha value is -9.17. The van der Waals surface area contributed by atoms with Crippen molar-refractivity contribution in [3.63, 3.8) is 0 Å². The molecule has 0 fully saturated rings. The van der Waals surface area contributed by atoms with Crippen molar-refractivity contribution in [3.8, 4) is 54.3 Å². The second-order valence-electron chi connectivity index (χ2n) is 15.8. The third-order valence-corrected chi connectivity index (χ3v) is 17.6. The normalized spacial score (nSPS) is 15.1. The Bertz CT molecular complexity index is 3350. The van der Waals surface area contributed by atoms with Gasteiger partial charge in [-0.15, -0.1) is 0 Å². The Labute approximate surface area is 428 Å². The molecule has 6 aromatic rings. The summed E-state index contributed by atoms with van der Waals surface area (Å²) in [5.41, 5.74) is -7.78. The maximum absolute atomic E-state index is 16.7. The first-order valence-corrected chi connectivity index (χ1v) is 25.1. The number of aliphatic imine (C=N–C) groups is 3. The number of halogens is 12. The Morgan fingerprint density at radius 3 is 0.868 bits per heavy atom. The van der Waals surface area contributed by atoms with Crippen LogP contribution < -0.4 is 14.2 Å². The summed E-state index contributed by atoms with van der Waals surface area (Å²) in [4.78, 5) is 12.6. The molecule has 378 valence electrons. The molecule has 9 nitrogen and oxygen atoms in total. The number of hydrogen-bond donors (Lipinski definition) is 0. The zero-order valence-electron chi connectivity index (χ0n) is 38.3. The van der Waals surface area contributed by atoms with Crippen LogP contribution in [0.25, 0.3) is 16.7 Å². The van der Waals surface area contributed by atoms with E-state index in [1.165, 1.54) is 120 Å². The van der Waals surface area contributed by atoms with Gasteiger partial charge in [0.25, 0.3) is 0 Å². The maximum atomic E-state index is 16.7. The summed E-state index contributed by atoms with van der Waals surface area (Å²) in [6.45, 7) is -2.43. The molecule has 0 bridgehead atoms. The minimum atomic E-state index is -5.02. The van der Waals surface area contributed by atoms with Crippen molar-refractivity contribution in [2.24, 2.45) is 15.0 Å². The summed E-state index contributed by atoms with van der Waals surface area (Å²) in [6, 6.07) is 7.62. The fourth-order valence-electron chi connectivity index (χ4n) is 8.55. The molecule has 0 saturated carbocycles. The summed E-state index contributed by atoms with van der Waals surface area (Å²) in [6.07, 6.45) is 30.6. The number of aromatic nitrogens is 3. The third-order valence-electron chi connectivity index (χ3n) is 11.6. The summed E-state index contributed by atoms with van der Waals surface area (Å²) < 4.78 is 214. The predicted octanol–water partition coefficient (Wildman–Crippen LogP) is 10.9. The van der Waals surface area contributed by atoms with Crippen molar-refractivity contribution in [2.75, 3.05) is 19.8 Å². The van der Waals surface area contributed by atoms with Gasteiger partial charge in [-0.05, 0) is 0 Å². The molecule has 0 N–H and O–H groups in total. The predicted molar refractivity (Wildman–Crippen MR) is 258 cm³/mol. The van der Waals surface area contributed by atoms with Crippen LogP contribution in [0.3, 0.4) is 0 Å². The first kappa shape index (κ1) is 51.7. The minimum absolute atomic E-state index is 0.304. The van der Waals surface area contributed by atoms with E-state index in [1.54, 1.807) is 0 Å². The van der Waals surface area contributed by atoms with Gasteiger partial charge in [0.05, 0.1) is 0 Å². The molecule has 3 aromatic carbocycles. The van der Waals surface area contributed by atoms with E-state index in [9.17, 15) is 0 Å². The summed E-state index contributed by atoms with van der Waals surface area (Å²) in [5.74, 6) is -22.7. The average molecular weight is 1110 g/mol. The quantitative estimate of drug-likeness (QED) is 0.0445. The Morgan fingerprint density at radius 1 is 0.408 bits per heavy atom. The molecule has 0 radical (unpaired) electrons. The van der Waals surface area contributed by atoms with Gasteiger partial charge >= 0.3 is 430 Å². The average Bonchev–Trinajstić information content (AvgIpc) is 4.36. The second kappa shape index (κ2) is 21.4.